The van der Waals surface area contributed by atoms with Gasteiger partial charge in [-0.1, -0.05) is 11.6 Å². The van der Waals surface area contributed by atoms with Gasteiger partial charge in [0, 0.05) is 11.8 Å². The summed E-state index contributed by atoms with van der Waals surface area (Å²) in [4.78, 5) is 11.2. The molecule has 0 atom stereocenters. The molecule has 1 spiro atoms. The van der Waals surface area contributed by atoms with E-state index >= 15 is 0 Å². The summed E-state index contributed by atoms with van der Waals surface area (Å²) in [5.74, 6) is 1.40. The van der Waals surface area contributed by atoms with Crippen molar-refractivity contribution in [2.75, 3.05) is 13.2 Å². The zero-order valence-electron chi connectivity index (χ0n) is 10.3. The third kappa shape index (κ3) is 2.19. The first-order chi connectivity index (χ1) is 8.58. The Balaban J connectivity index is 1.91. The minimum atomic E-state index is 0.110. The van der Waals surface area contributed by atoms with Crippen LogP contribution in [0.3, 0.4) is 0 Å². The Morgan fingerprint density at radius 3 is 2.72 bits per heavy atom. The molecule has 1 aromatic carbocycles. The molecule has 2 aliphatic rings. The maximum atomic E-state index is 11.2. The number of fused-ring (bicyclic) bond motifs is 1. The predicted octanol–water partition coefficient (Wildman–Crippen LogP) is 3.02. The van der Waals surface area contributed by atoms with Gasteiger partial charge in [0.15, 0.2) is 11.5 Å². The van der Waals surface area contributed by atoms with Crippen molar-refractivity contribution in [1.29, 1.82) is 0 Å². The van der Waals surface area contributed by atoms with Crippen LogP contribution < -0.4 is 9.47 Å². The fourth-order valence-electron chi connectivity index (χ4n) is 2.22. The molecule has 4 heteroatoms. The van der Waals surface area contributed by atoms with E-state index in [0.717, 1.165) is 18.4 Å². The molecule has 0 amide bonds. The summed E-state index contributed by atoms with van der Waals surface area (Å²) in [5.41, 5.74) is 1.07. The van der Waals surface area contributed by atoms with E-state index in [9.17, 15) is 4.79 Å². The number of hydrogen-bond donors (Lipinski definition) is 0. The lowest BCUT2D eigenvalue weighted by Gasteiger charge is -2.10. The van der Waals surface area contributed by atoms with E-state index in [1.807, 2.05) is 6.07 Å². The molecule has 1 aliphatic carbocycles. The van der Waals surface area contributed by atoms with Crippen molar-refractivity contribution >= 4 is 17.4 Å². The third-order valence-electron chi connectivity index (χ3n) is 3.54. The minimum absolute atomic E-state index is 0.110. The topological polar surface area (TPSA) is 35.5 Å². The second-order valence-corrected chi connectivity index (χ2v) is 5.77. The van der Waals surface area contributed by atoms with Crippen LogP contribution in [0.1, 0.15) is 25.3 Å². The van der Waals surface area contributed by atoms with Gasteiger partial charge in [-0.2, -0.15) is 0 Å². The average Bonchev–Trinajstić information content (AvgIpc) is 3.07. The summed E-state index contributed by atoms with van der Waals surface area (Å²) in [6.07, 6.45) is 2.68. The number of hydrogen-bond acceptors (Lipinski definition) is 3. The Labute approximate surface area is 111 Å². The molecule has 3 rings (SSSR count). The van der Waals surface area contributed by atoms with Crippen LogP contribution in [0, 0.1) is 5.41 Å². The van der Waals surface area contributed by atoms with Crippen LogP contribution in [0.25, 0.3) is 0 Å². The maximum Gasteiger partial charge on any atom is 0.179 e. The highest BCUT2D eigenvalue weighted by Crippen LogP contribution is 2.50. The van der Waals surface area contributed by atoms with Crippen molar-refractivity contribution in [3.05, 3.63) is 22.7 Å². The molecule has 96 valence electrons. The van der Waals surface area contributed by atoms with Gasteiger partial charge in [0.2, 0.25) is 0 Å². The Hall–Kier alpha value is -1.22. The zero-order valence-corrected chi connectivity index (χ0v) is 11.0. The second kappa shape index (κ2) is 4.16. The SMILES string of the molecule is CC(=O)Cc1cc(Cl)c2c(c1)OCC1(CC1)CO2. The first-order valence-corrected chi connectivity index (χ1v) is 6.53. The van der Waals surface area contributed by atoms with Gasteiger partial charge in [-0.05, 0) is 37.5 Å². The summed E-state index contributed by atoms with van der Waals surface area (Å²) < 4.78 is 11.6. The third-order valence-corrected chi connectivity index (χ3v) is 3.82. The zero-order chi connectivity index (χ0) is 12.8. The Bertz CT molecular complexity index is 506. The molecule has 0 saturated heterocycles. The van der Waals surface area contributed by atoms with Gasteiger partial charge < -0.3 is 9.47 Å². The number of ketones is 1. The summed E-state index contributed by atoms with van der Waals surface area (Å²) in [7, 11) is 0. The first-order valence-electron chi connectivity index (χ1n) is 6.15. The quantitative estimate of drug-likeness (QED) is 0.825. The number of rotatable bonds is 2. The van der Waals surface area contributed by atoms with Gasteiger partial charge in [0.25, 0.3) is 0 Å². The van der Waals surface area contributed by atoms with Crippen LogP contribution in [-0.2, 0) is 11.2 Å². The highest BCUT2D eigenvalue weighted by Gasteiger charge is 2.46. The van der Waals surface area contributed by atoms with Gasteiger partial charge in [0.1, 0.15) is 5.78 Å². The monoisotopic (exact) mass is 266 g/mol. The average molecular weight is 267 g/mol. The highest BCUT2D eigenvalue weighted by molar-refractivity contribution is 6.32. The van der Waals surface area contributed by atoms with Gasteiger partial charge in [-0.15, -0.1) is 0 Å². The molecule has 1 saturated carbocycles. The predicted molar refractivity (Wildman–Crippen MR) is 68.5 cm³/mol. The molecule has 1 aliphatic heterocycles. The number of carbonyl (C=O) groups excluding carboxylic acids is 1. The van der Waals surface area contributed by atoms with Crippen LogP contribution in [0.5, 0.6) is 11.5 Å². The molecular weight excluding hydrogens is 252 g/mol. The molecule has 0 N–H and O–H groups in total. The van der Waals surface area contributed by atoms with E-state index in [0.29, 0.717) is 36.2 Å². The fourth-order valence-corrected chi connectivity index (χ4v) is 2.51. The minimum Gasteiger partial charge on any atom is -0.489 e. The van der Waals surface area contributed by atoms with Crippen molar-refractivity contribution in [2.45, 2.75) is 26.2 Å². The second-order valence-electron chi connectivity index (χ2n) is 5.36. The summed E-state index contributed by atoms with van der Waals surface area (Å²) in [6, 6.07) is 3.65. The van der Waals surface area contributed by atoms with E-state index in [2.05, 4.69) is 0 Å². The molecular formula is C14H15ClO3. The fraction of sp³-hybridized carbons (Fsp3) is 0.500. The highest BCUT2D eigenvalue weighted by atomic mass is 35.5. The van der Waals surface area contributed by atoms with E-state index in [4.69, 9.17) is 21.1 Å². The lowest BCUT2D eigenvalue weighted by molar-refractivity contribution is -0.116. The smallest absolute Gasteiger partial charge is 0.179 e. The summed E-state index contributed by atoms with van der Waals surface area (Å²) in [6.45, 7) is 2.92. The van der Waals surface area contributed by atoms with Crippen molar-refractivity contribution in [1.82, 2.24) is 0 Å². The molecule has 1 heterocycles. The first kappa shape index (κ1) is 11.8. The van der Waals surface area contributed by atoms with E-state index in [1.54, 1.807) is 13.0 Å². The maximum absolute atomic E-state index is 11.2. The lowest BCUT2D eigenvalue weighted by Crippen LogP contribution is -2.17. The van der Waals surface area contributed by atoms with E-state index in [-0.39, 0.29) is 11.2 Å². The Morgan fingerprint density at radius 2 is 2.06 bits per heavy atom. The normalized spacial score (nSPS) is 19.4. The Morgan fingerprint density at radius 1 is 1.33 bits per heavy atom. The van der Waals surface area contributed by atoms with Crippen LogP contribution in [-0.4, -0.2) is 19.0 Å². The molecule has 0 radical (unpaired) electrons. The van der Waals surface area contributed by atoms with Gasteiger partial charge in [-0.3, -0.25) is 4.79 Å². The number of benzene rings is 1. The largest absolute Gasteiger partial charge is 0.489 e. The van der Waals surface area contributed by atoms with Crippen LogP contribution in [0.2, 0.25) is 5.02 Å². The van der Waals surface area contributed by atoms with Crippen molar-refractivity contribution in [3.63, 3.8) is 0 Å². The number of carbonyl (C=O) groups is 1. The molecule has 0 bridgehead atoms. The number of halogens is 1. The van der Waals surface area contributed by atoms with E-state index in [1.165, 1.54) is 0 Å². The molecule has 1 fully saturated rings. The molecule has 0 unspecified atom stereocenters. The molecule has 1 aromatic rings. The van der Waals surface area contributed by atoms with Gasteiger partial charge in [0.05, 0.1) is 18.2 Å². The summed E-state index contributed by atoms with van der Waals surface area (Å²) >= 11 is 6.20. The number of Topliss-reactive ketones (excluding diaryl/α,β-unsaturated/α-hetero) is 1. The van der Waals surface area contributed by atoms with Crippen LogP contribution in [0.15, 0.2) is 12.1 Å². The van der Waals surface area contributed by atoms with Gasteiger partial charge >= 0.3 is 0 Å². The number of ether oxygens (including phenoxy) is 2. The van der Waals surface area contributed by atoms with Gasteiger partial charge in [-0.25, -0.2) is 0 Å². The van der Waals surface area contributed by atoms with Crippen LogP contribution in [0.4, 0.5) is 0 Å². The lowest BCUT2D eigenvalue weighted by atomic mass is 10.1. The van der Waals surface area contributed by atoms with Crippen molar-refractivity contribution in [3.8, 4) is 11.5 Å². The van der Waals surface area contributed by atoms with E-state index < -0.39 is 0 Å². The van der Waals surface area contributed by atoms with Crippen molar-refractivity contribution < 1.29 is 14.3 Å². The molecule has 0 aromatic heterocycles. The summed E-state index contributed by atoms with van der Waals surface area (Å²) in [5, 5.41) is 0.529. The molecule has 3 nitrogen and oxygen atoms in total. The standard InChI is InChI=1S/C14H15ClO3/c1-9(16)4-10-5-11(15)13-12(6-10)17-7-14(2-3-14)8-18-13/h5-6H,2-4,7-8H2,1H3. The van der Waals surface area contributed by atoms with Crippen LogP contribution >= 0.6 is 11.6 Å². The Kier molecular flexibility index (Phi) is 2.74. The molecule has 18 heavy (non-hydrogen) atoms. The van der Waals surface area contributed by atoms with Crippen molar-refractivity contribution in [2.24, 2.45) is 5.41 Å².